The number of nitrogens with zero attached hydrogens (tertiary/aromatic N) is 6. The highest BCUT2D eigenvalue weighted by atomic mass is 15.0. The van der Waals surface area contributed by atoms with Gasteiger partial charge >= 0.3 is 0 Å². The van der Waals surface area contributed by atoms with E-state index in [0.717, 1.165) is 67.4 Å². The SMILES string of the molecule is Cc1cc(C)c(B(c2ccc3c4cc(-c5cccc(-n6c7ccccc7c7cc8c9ccccc9n(-c9ccccc9)c8cc76)c5)ccc4n(-c4ccccc4)c3c2)c2ccc3c4cc(-c5cccc(-n6c7ccccc7c7cc8c9ccccc9n(-c9ccccc9)c8cc76)c5)ccc4n(-c4ccccc4)c3c2)c(C)c1. The van der Waals surface area contributed by atoms with Gasteiger partial charge in [0.25, 0.3) is 0 Å². The molecule has 112 heavy (non-hydrogen) atoms. The van der Waals surface area contributed by atoms with E-state index in [9.17, 15) is 0 Å². The van der Waals surface area contributed by atoms with Crippen LogP contribution in [0.25, 0.3) is 187 Å². The Labute approximate surface area is 647 Å². The summed E-state index contributed by atoms with van der Waals surface area (Å²) in [6.07, 6.45) is 0. The lowest BCUT2D eigenvalue weighted by atomic mass is 9.35. The highest BCUT2D eigenvalue weighted by Gasteiger charge is 2.30. The van der Waals surface area contributed by atoms with Gasteiger partial charge in [-0.05, 0) is 201 Å². The number of para-hydroxylation sites is 8. The second kappa shape index (κ2) is 24.8. The van der Waals surface area contributed by atoms with Gasteiger partial charge in [-0.3, -0.25) is 0 Å². The Kier molecular flexibility index (Phi) is 14.1. The van der Waals surface area contributed by atoms with Crippen molar-refractivity contribution in [3.05, 3.63) is 393 Å². The van der Waals surface area contributed by atoms with E-state index in [1.807, 2.05) is 0 Å². The van der Waals surface area contributed by atoms with E-state index < -0.39 is 0 Å². The van der Waals surface area contributed by atoms with E-state index in [2.05, 4.69) is 424 Å². The summed E-state index contributed by atoms with van der Waals surface area (Å²) in [6, 6.07) is 141. The molecule has 6 nitrogen and oxygen atoms in total. The minimum Gasteiger partial charge on any atom is -0.309 e. The van der Waals surface area contributed by atoms with Crippen molar-refractivity contribution >= 4 is 154 Å². The number of benzene rings is 17. The first-order valence-corrected chi connectivity index (χ1v) is 38.9. The third-order valence-corrected chi connectivity index (χ3v) is 24.1. The lowest BCUT2D eigenvalue weighted by molar-refractivity contribution is 1.16. The Morgan fingerprint density at radius 2 is 0.438 bits per heavy atom. The number of aromatic nitrogens is 6. The molecule has 7 heteroatoms. The Morgan fingerprint density at radius 1 is 0.170 bits per heavy atom. The fourth-order valence-electron chi connectivity index (χ4n) is 19.5. The molecule has 524 valence electrons. The molecule has 0 saturated carbocycles. The summed E-state index contributed by atoms with van der Waals surface area (Å²) in [7, 11) is 0. The molecule has 23 rings (SSSR count). The third-order valence-electron chi connectivity index (χ3n) is 24.1. The van der Waals surface area contributed by atoms with Gasteiger partial charge in [0.15, 0.2) is 0 Å². The zero-order valence-electron chi connectivity index (χ0n) is 62.1. The summed E-state index contributed by atoms with van der Waals surface area (Å²) in [5.74, 6) is 0. The largest absolute Gasteiger partial charge is 0.309 e. The van der Waals surface area contributed by atoms with E-state index >= 15 is 0 Å². The van der Waals surface area contributed by atoms with Crippen LogP contribution < -0.4 is 16.4 Å². The number of rotatable bonds is 11. The van der Waals surface area contributed by atoms with Crippen LogP contribution in [0.3, 0.4) is 0 Å². The molecule has 6 heterocycles. The molecule has 0 unspecified atom stereocenters. The van der Waals surface area contributed by atoms with Crippen LogP contribution in [0.5, 0.6) is 0 Å². The standard InChI is InChI=1S/C105H71BN6/c1-66-54-67(2)105(68(3)55-66)106(73-48-50-85-87-58-71(46-52-97(87)109(99(85)60-73)77-32-12-6-13-33-77)69-26-24-36-79(56-69)111-95-44-22-18-40-83(95)91-62-89-81-38-16-20-42-93(81)107(101(89)64-103(91)111)75-28-8-4-9-29-75)74-49-51-86-88-59-72(47-53-98(88)110(100(86)61-74)78-34-14-7-15-35-78)70-27-25-37-80(57-70)112-96-45-23-19-41-84(96)92-63-90-82-39-17-21-43-94(82)108(102(90)65-104(92)112)76-30-10-5-11-31-76/h4-65H,1-3H3. The topological polar surface area (TPSA) is 29.6 Å². The van der Waals surface area contributed by atoms with Crippen molar-refractivity contribution in [2.24, 2.45) is 0 Å². The van der Waals surface area contributed by atoms with Crippen LogP contribution in [0.1, 0.15) is 16.7 Å². The maximum Gasteiger partial charge on any atom is 0.242 e. The summed E-state index contributed by atoms with van der Waals surface area (Å²) in [5.41, 5.74) is 33.2. The van der Waals surface area contributed by atoms with Gasteiger partial charge < -0.3 is 27.4 Å². The quantitative estimate of drug-likeness (QED) is 0.116. The molecule has 0 atom stereocenters. The van der Waals surface area contributed by atoms with E-state index in [4.69, 9.17) is 0 Å². The summed E-state index contributed by atoms with van der Waals surface area (Å²) >= 11 is 0. The fourth-order valence-corrected chi connectivity index (χ4v) is 19.5. The van der Waals surface area contributed by atoms with Crippen molar-refractivity contribution in [1.82, 2.24) is 27.4 Å². The molecule has 0 saturated heterocycles. The average molecular weight is 1430 g/mol. The van der Waals surface area contributed by atoms with Crippen LogP contribution in [-0.2, 0) is 0 Å². The molecular formula is C105H71BN6. The average Bonchev–Trinajstić information content (AvgIpc) is 1.56. The van der Waals surface area contributed by atoms with Crippen molar-refractivity contribution in [2.45, 2.75) is 20.8 Å². The molecule has 0 fully saturated rings. The Balaban J connectivity index is 0.664. The third kappa shape index (κ3) is 9.66. The molecule has 0 aliphatic heterocycles. The van der Waals surface area contributed by atoms with Gasteiger partial charge in [0.2, 0.25) is 6.71 Å². The summed E-state index contributed by atoms with van der Waals surface area (Å²) < 4.78 is 14.8. The smallest absolute Gasteiger partial charge is 0.242 e. The van der Waals surface area contributed by atoms with Crippen LogP contribution in [0.15, 0.2) is 376 Å². The van der Waals surface area contributed by atoms with Crippen molar-refractivity contribution in [3.8, 4) is 56.4 Å². The van der Waals surface area contributed by atoms with Crippen molar-refractivity contribution in [2.75, 3.05) is 0 Å². The first kappa shape index (κ1) is 63.7. The van der Waals surface area contributed by atoms with Gasteiger partial charge in [0, 0.05) is 98.8 Å². The Bertz CT molecular complexity index is 7380. The summed E-state index contributed by atoms with van der Waals surface area (Å²) in [6.45, 7) is 6.73. The number of aryl methyl sites for hydroxylation is 3. The molecular weight excluding hydrogens is 1360 g/mol. The zero-order chi connectivity index (χ0) is 74.0. The molecule has 0 radical (unpaired) electrons. The molecule has 0 spiro atoms. The first-order chi connectivity index (χ1) is 55.3. The monoisotopic (exact) mass is 1430 g/mol. The maximum atomic E-state index is 2.50. The molecule has 23 aromatic rings. The molecule has 0 aliphatic carbocycles. The molecule has 0 bridgehead atoms. The summed E-state index contributed by atoms with van der Waals surface area (Å²) in [4.78, 5) is 0. The lowest BCUT2D eigenvalue weighted by Crippen LogP contribution is -2.54. The van der Waals surface area contributed by atoms with Crippen molar-refractivity contribution in [1.29, 1.82) is 0 Å². The highest BCUT2D eigenvalue weighted by Crippen LogP contribution is 2.45. The van der Waals surface area contributed by atoms with E-state index in [1.54, 1.807) is 0 Å². The Morgan fingerprint density at radius 3 is 0.786 bits per heavy atom. The van der Waals surface area contributed by atoms with Gasteiger partial charge in [0.1, 0.15) is 0 Å². The minimum atomic E-state index is -0.118. The van der Waals surface area contributed by atoms with Crippen LogP contribution >= 0.6 is 0 Å². The molecule has 0 N–H and O–H groups in total. The number of hydrogen-bond donors (Lipinski definition) is 0. The highest BCUT2D eigenvalue weighted by molar-refractivity contribution is 6.96. The minimum absolute atomic E-state index is 0.118. The Hall–Kier alpha value is -14.4. The number of fused-ring (bicyclic) bond motifs is 18. The lowest BCUT2D eigenvalue weighted by Gasteiger charge is -2.22. The zero-order valence-corrected chi connectivity index (χ0v) is 62.1. The predicted octanol–water partition coefficient (Wildman–Crippen LogP) is 25.0. The number of hydrogen-bond acceptors (Lipinski definition) is 0. The molecule has 0 aliphatic rings. The van der Waals surface area contributed by atoms with Crippen molar-refractivity contribution < 1.29 is 0 Å². The van der Waals surface area contributed by atoms with Gasteiger partial charge in [0.05, 0.1) is 66.2 Å². The van der Waals surface area contributed by atoms with E-state index in [0.29, 0.717) is 0 Å². The molecule has 6 aromatic heterocycles. The first-order valence-electron chi connectivity index (χ1n) is 38.9. The van der Waals surface area contributed by atoms with Gasteiger partial charge in [-0.25, -0.2) is 0 Å². The predicted molar refractivity (Wildman–Crippen MR) is 475 cm³/mol. The van der Waals surface area contributed by atoms with Gasteiger partial charge in [-0.2, -0.15) is 0 Å². The maximum absolute atomic E-state index is 2.50. The summed E-state index contributed by atoms with van der Waals surface area (Å²) in [5, 5.41) is 14.8. The van der Waals surface area contributed by atoms with Crippen LogP contribution in [0.4, 0.5) is 0 Å². The molecule has 17 aromatic carbocycles. The van der Waals surface area contributed by atoms with Gasteiger partial charge in [-0.1, -0.05) is 251 Å². The fraction of sp³-hybridized carbons (Fsp3) is 0.0286. The van der Waals surface area contributed by atoms with Crippen LogP contribution in [0.2, 0.25) is 0 Å². The van der Waals surface area contributed by atoms with Crippen LogP contribution in [-0.4, -0.2) is 34.1 Å². The van der Waals surface area contributed by atoms with E-state index in [-0.39, 0.29) is 6.71 Å². The van der Waals surface area contributed by atoms with Crippen LogP contribution in [0, 0.1) is 20.8 Å². The second-order valence-electron chi connectivity index (χ2n) is 30.6. The van der Waals surface area contributed by atoms with Gasteiger partial charge in [-0.15, -0.1) is 0 Å². The second-order valence-corrected chi connectivity index (χ2v) is 30.6. The molecule has 0 amide bonds. The van der Waals surface area contributed by atoms with Crippen molar-refractivity contribution in [3.63, 3.8) is 0 Å². The normalized spacial score (nSPS) is 12.1. The van der Waals surface area contributed by atoms with E-state index in [1.165, 1.54) is 153 Å².